The molecule has 6 nitrogen and oxygen atoms in total. The fourth-order valence-corrected chi connectivity index (χ4v) is 3.43. The van der Waals surface area contributed by atoms with Crippen molar-refractivity contribution in [3.05, 3.63) is 35.2 Å². The molecule has 2 unspecified atom stereocenters. The van der Waals surface area contributed by atoms with E-state index in [4.69, 9.17) is 16.1 Å². The highest BCUT2D eigenvalue weighted by atomic mass is 35.5. The van der Waals surface area contributed by atoms with E-state index in [1.165, 1.54) is 0 Å². The van der Waals surface area contributed by atoms with Crippen molar-refractivity contribution in [3.63, 3.8) is 0 Å². The fourth-order valence-electron chi connectivity index (χ4n) is 3.24. The average Bonchev–Trinajstić information content (AvgIpc) is 3.14. The predicted molar refractivity (Wildman–Crippen MR) is 99.9 cm³/mol. The Balaban J connectivity index is 1.55. The minimum absolute atomic E-state index is 0.0453. The van der Waals surface area contributed by atoms with Crippen LogP contribution in [0.1, 0.15) is 31.6 Å². The van der Waals surface area contributed by atoms with E-state index in [9.17, 15) is 13.2 Å². The highest BCUT2D eigenvalue weighted by molar-refractivity contribution is 6.30. The molecule has 0 radical (unpaired) electrons. The molecule has 1 aromatic heterocycles. The molecule has 28 heavy (non-hydrogen) atoms. The van der Waals surface area contributed by atoms with Crippen molar-refractivity contribution in [1.82, 2.24) is 20.8 Å². The topological polar surface area (TPSA) is 75.3 Å². The predicted octanol–water partition coefficient (Wildman–Crippen LogP) is 4.18. The van der Waals surface area contributed by atoms with Gasteiger partial charge in [0.25, 0.3) is 0 Å². The van der Waals surface area contributed by atoms with E-state index in [0.717, 1.165) is 5.56 Å². The van der Waals surface area contributed by atoms with Gasteiger partial charge in [-0.05, 0) is 31.4 Å². The number of rotatable bonds is 4. The third-order valence-corrected chi connectivity index (χ3v) is 4.89. The maximum Gasteiger partial charge on any atom is 0.391 e. The van der Waals surface area contributed by atoms with Gasteiger partial charge in [0.1, 0.15) is 0 Å². The van der Waals surface area contributed by atoms with Gasteiger partial charge in [-0.2, -0.15) is 18.2 Å². The normalized spacial score (nSPS) is 20.8. The molecular formula is C18H21ClF3N5O. The highest BCUT2D eigenvalue weighted by Gasteiger charge is 2.42. The van der Waals surface area contributed by atoms with Crippen LogP contribution in [0.2, 0.25) is 5.02 Å². The highest BCUT2D eigenvalue weighted by Crippen LogP contribution is 2.37. The lowest BCUT2D eigenvalue weighted by Crippen LogP contribution is -2.46. The Morgan fingerprint density at radius 3 is 2.89 bits per heavy atom. The lowest BCUT2D eigenvalue weighted by molar-refractivity contribution is -0.183. The Hall–Kier alpha value is -2.29. The first-order valence-electron chi connectivity index (χ1n) is 8.97. The van der Waals surface area contributed by atoms with Crippen LogP contribution in [0.3, 0.4) is 0 Å². The quantitative estimate of drug-likeness (QED) is 0.579. The van der Waals surface area contributed by atoms with Crippen molar-refractivity contribution in [2.45, 2.75) is 44.4 Å². The lowest BCUT2D eigenvalue weighted by atomic mass is 9.85. The summed E-state index contributed by atoms with van der Waals surface area (Å²) in [5, 5.41) is 10.5. The lowest BCUT2D eigenvalue weighted by Gasteiger charge is -2.31. The third kappa shape index (κ3) is 5.37. The van der Waals surface area contributed by atoms with E-state index in [-0.39, 0.29) is 25.4 Å². The third-order valence-electron chi connectivity index (χ3n) is 4.66. The minimum atomic E-state index is -4.15. The number of alkyl halides is 3. The number of guanidine groups is 1. The zero-order valence-electron chi connectivity index (χ0n) is 15.3. The summed E-state index contributed by atoms with van der Waals surface area (Å²) >= 11 is 5.96. The number of benzene rings is 1. The molecule has 0 amide bonds. The maximum atomic E-state index is 13.0. The number of aliphatic imine (C=N–C) groups is 1. The SMILES string of the molecule is CN=C(NCc1nc(-c2cccc(Cl)c2)no1)NC1CCCC(C(F)(F)F)C1. The van der Waals surface area contributed by atoms with E-state index < -0.39 is 12.1 Å². The molecule has 1 heterocycles. The van der Waals surface area contributed by atoms with Crippen LogP contribution in [0.15, 0.2) is 33.8 Å². The molecule has 0 bridgehead atoms. The Morgan fingerprint density at radius 2 is 2.18 bits per heavy atom. The molecule has 0 spiro atoms. The first-order valence-corrected chi connectivity index (χ1v) is 9.35. The van der Waals surface area contributed by atoms with Crippen LogP contribution < -0.4 is 10.6 Å². The van der Waals surface area contributed by atoms with E-state index >= 15 is 0 Å². The number of halogens is 4. The van der Waals surface area contributed by atoms with Gasteiger partial charge in [-0.1, -0.05) is 35.3 Å². The van der Waals surface area contributed by atoms with Crippen molar-refractivity contribution >= 4 is 17.6 Å². The van der Waals surface area contributed by atoms with Crippen molar-refractivity contribution in [1.29, 1.82) is 0 Å². The maximum absolute atomic E-state index is 13.0. The van der Waals surface area contributed by atoms with Gasteiger partial charge in [0, 0.05) is 23.7 Å². The average molecular weight is 416 g/mol. The van der Waals surface area contributed by atoms with E-state index in [1.54, 1.807) is 25.2 Å². The second-order valence-corrected chi connectivity index (χ2v) is 7.13. The Kier molecular flexibility index (Phi) is 6.43. The summed E-state index contributed by atoms with van der Waals surface area (Å²) in [5.41, 5.74) is 0.727. The van der Waals surface area contributed by atoms with Crippen LogP contribution in [0.4, 0.5) is 13.2 Å². The van der Waals surface area contributed by atoms with Crippen LogP contribution in [-0.4, -0.2) is 35.4 Å². The summed E-state index contributed by atoms with van der Waals surface area (Å²) in [6, 6.07) is 6.79. The second kappa shape index (κ2) is 8.81. The van der Waals surface area contributed by atoms with Crippen LogP contribution >= 0.6 is 11.6 Å². The molecule has 1 fully saturated rings. The van der Waals surface area contributed by atoms with Crippen LogP contribution in [0.25, 0.3) is 11.4 Å². The fraction of sp³-hybridized carbons (Fsp3) is 0.500. The minimum Gasteiger partial charge on any atom is -0.354 e. The van der Waals surface area contributed by atoms with E-state index in [2.05, 4.69) is 25.8 Å². The van der Waals surface area contributed by atoms with Gasteiger partial charge < -0.3 is 15.2 Å². The number of hydrogen-bond donors (Lipinski definition) is 2. The summed E-state index contributed by atoms with van der Waals surface area (Å²) in [6.07, 6.45) is -2.72. The zero-order chi connectivity index (χ0) is 20.1. The molecule has 152 valence electrons. The second-order valence-electron chi connectivity index (χ2n) is 6.69. The molecule has 1 saturated carbocycles. The van der Waals surface area contributed by atoms with Gasteiger partial charge >= 0.3 is 6.18 Å². The smallest absolute Gasteiger partial charge is 0.354 e. The van der Waals surface area contributed by atoms with Crippen molar-refractivity contribution in [2.24, 2.45) is 10.9 Å². The van der Waals surface area contributed by atoms with Crippen molar-refractivity contribution in [2.75, 3.05) is 7.05 Å². The molecule has 10 heteroatoms. The summed E-state index contributed by atoms with van der Waals surface area (Å²) in [7, 11) is 1.56. The summed E-state index contributed by atoms with van der Waals surface area (Å²) in [6.45, 7) is 0.197. The Labute approximate surface area is 165 Å². The van der Waals surface area contributed by atoms with E-state index in [1.807, 2.05) is 6.07 Å². The van der Waals surface area contributed by atoms with Crippen LogP contribution in [0, 0.1) is 5.92 Å². The summed E-state index contributed by atoms with van der Waals surface area (Å²) < 4.78 is 44.1. The number of nitrogens with one attached hydrogen (secondary N) is 2. The molecule has 2 aromatic rings. The molecule has 2 atom stereocenters. The first-order chi connectivity index (χ1) is 13.3. The Bertz CT molecular complexity index is 824. The van der Waals surface area contributed by atoms with Gasteiger partial charge in [-0.3, -0.25) is 4.99 Å². The van der Waals surface area contributed by atoms with Gasteiger partial charge in [-0.15, -0.1) is 0 Å². The van der Waals surface area contributed by atoms with Gasteiger partial charge in [0.2, 0.25) is 11.7 Å². The summed E-state index contributed by atoms with van der Waals surface area (Å²) in [5.74, 6) is -0.138. The van der Waals surface area contributed by atoms with Crippen molar-refractivity contribution in [3.8, 4) is 11.4 Å². The van der Waals surface area contributed by atoms with Crippen LogP contribution in [0.5, 0.6) is 0 Å². The van der Waals surface area contributed by atoms with Crippen LogP contribution in [-0.2, 0) is 6.54 Å². The van der Waals surface area contributed by atoms with Gasteiger partial charge in [-0.25, -0.2) is 0 Å². The molecule has 1 aromatic carbocycles. The van der Waals surface area contributed by atoms with Gasteiger partial charge in [0.15, 0.2) is 5.96 Å². The van der Waals surface area contributed by atoms with E-state index in [0.29, 0.717) is 35.5 Å². The van der Waals surface area contributed by atoms with Gasteiger partial charge in [0.05, 0.1) is 12.5 Å². The molecule has 0 saturated heterocycles. The molecule has 1 aliphatic carbocycles. The molecule has 3 rings (SSSR count). The molecule has 0 aliphatic heterocycles. The largest absolute Gasteiger partial charge is 0.391 e. The summed E-state index contributed by atoms with van der Waals surface area (Å²) in [4.78, 5) is 8.36. The van der Waals surface area contributed by atoms with Crippen molar-refractivity contribution < 1.29 is 17.7 Å². The Morgan fingerprint density at radius 1 is 1.36 bits per heavy atom. The number of nitrogens with zero attached hydrogens (tertiary/aromatic N) is 3. The monoisotopic (exact) mass is 415 g/mol. The zero-order valence-corrected chi connectivity index (χ0v) is 16.0. The number of aromatic nitrogens is 2. The standard InChI is InChI=1S/C18H21ClF3N5O/c1-23-17(25-14-7-3-5-12(9-14)18(20,21)22)24-10-15-26-16(27-28-15)11-4-2-6-13(19)8-11/h2,4,6,8,12,14H,3,5,7,9-10H2,1H3,(H2,23,24,25). The first kappa shape index (κ1) is 20.4. The number of hydrogen-bond acceptors (Lipinski definition) is 4. The molecule has 1 aliphatic rings. The molecular weight excluding hydrogens is 395 g/mol. The molecule has 2 N–H and O–H groups in total.